The maximum atomic E-state index is 11.3. The molecule has 0 aromatic heterocycles. The normalized spacial score (nSPS) is 15.8. The van der Waals surface area contributed by atoms with Gasteiger partial charge in [-0.1, -0.05) is 0 Å². The lowest BCUT2D eigenvalue weighted by atomic mass is 9.64. The number of hydrogen-bond acceptors (Lipinski definition) is 6. The highest BCUT2D eigenvalue weighted by Gasteiger charge is 2.56. The average molecular weight is 350 g/mol. The predicted octanol–water partition coefficient (Wildman–Crippen LogP) is 1.09. The zero-order valence-electron chi connectivity index (χ0n) is 16.5. The zero-order valence-corrected chi connectivity index (χ0v) is 16.5. The largest absolute Gasteiger partial charge is 0.390 e. The monoisotopic (exact) mass is 350 g/mol. The van der Waals surface area contributed by atoms with Crippen LogP contribution < -0.4 is 0 Å². The van der Waals surface area contributed by atoms with Crippen molar-refractivity contribution in [2.45, 2.75) is 115 Å². The lowest BCUT2D eigenvalue weighted by Gasteiger charge is -2.51. The third-order valence-electron chi connectivity index (χ3n) is 3.77. The van der Waals surface area contributed by atoms with Gasteiger partial charge in [-0.2, -0.15) is 0 Å². The Kier molecular flexibility index (Phi) is 6.75. The van der Waals surface area contributed by atoms with Gasteiger partial charge in [0.05, 0.1) is 33.6 Å². The smallest absolute Gasteiger partial charge is 0.0989 e. The molecule has 0 rings (SSSR count). The SMILES string of the molecule is CC(C)(O)CC(O)(CC(C)(C)O)C(O)(CC(C)(C)O)CC(C)(C)O. The summed E-state index contributed by atoms with van der Waals surface area (Å²) in [5.41, 5.74) is -9.16. The lowest BCUT2D eigenvalue weighted by molar-refractivity contribution is -0.233. The Morgan fingerprint density at radius 1 is 0.375 bits per heavy atom. The molecule has 0 aliphatic rings. The van der Waals surface area contributed by atoms with Crippen LogP contribution in [0.1, 0.15) is 81.1 Å². The van der Waals surface area contributed by atoms with Gasteiger partial charge in [-0.25, -0.2) is 0 Å². The molecule has 0 saturated heterocycles. The molecule has 0 amide bonds. The van der Waals surface area contributed by atoms with Crippen LogP contribution in [0.5, 0.6) is 0 Å². The molecule has 0 fully saturated rings. The molecular weight excluding hydrogens is 312 g/mol. The van der Waals surface area contributed by atoms with Gasteiger partial charge in [0.15, 0.2) is 0 Å². The number of rotatable bonds is 9. The van der Waals surface area contributed by atoms with Crippen molar-refractivity contribution in [1.29, 1.82) is 0 Å². The van der Waals surface area contributed by atoms with E-state index in [9.17, 15) is 30.6 Å². The van der Waals surface area contributed by atoms with Gasteiger partial charge in [-0.15, -0.1) is 0 Å². The van der Waals surface area contributed by atoms with E-state index in [0.29, 0.717) is 0 Å². The van der Waals surface area contributed by atoms with Gasteiger partial charge in [0.25, 0.3) is 0 Å². The minimum atomic E-state index is -1.93. The van der Waals surface area contributed by atoms with E-state index in [2.05, 4.69) is 0 Å². The van der Waals surface area contributed by atoms with Gasteiger partial charge in [-0.05, 0) is 55.4 Å². The summed E-state index contributed by atoms with van der Waals surface area (Å²) in [6, 6.07) is 0. The third-order valence-corrected chi connectivity index (χ3v) is 3.77. The van der Waals surface area contributed by atoms with Crippen molar-refractivity contribution < 1.29 is 30.6 Å². The fraction of sp³-hybridized carbons (Fsp3) is 1.00. The van der Waals surface area contributed by atoms with Crippen LogP contribution in [-0.2, 0) is 0 Å². The van der Waals surface area contributed by atoms with Gasteiger partial charge in [-0.3, -0.25) is 0 Å². The predicted molar refractivity (Wildman–Crippen MR) is 93.6 cm³/mol. The van der Waals surface area contributed by atoms with E-state index in [1.165, 1.54) is 55.4 Å². The summed E-state index contributed by atoms with van der Waals surface area (Å²) in [5, 5.41) is 63.6. The molecule has 0 aromatic rings. The molecule has 24 heavy (non-hydrogen) atoms. The van der Waals surface area contributed by atoms with E-state index in [4.69, 9.17) is 0 Å². The molecule has 0 aromatic carbocycles. The van der Waals surface area contributed by atoms with Crippen LogP contribution >= 0.6 is 0 Å². The quantitative estimate of drug-likeness (QED) is 0.370. The molecule has 146 valence electrons. The first-order valence-electron chi connectivity index (χ1n) is 8.42. The topological polar surface area (TPSA) is 121 Å². The molecule has 0 aliphatic carbocycles. The molecule has 0 atom stereocenters. The second kappa shape index (κ2) is 6.82. The van der Waals surface area contributed by atoms with E-state index in [-0.39, 0.29) is 25.7 Å². The van der Waals surface area contributed by atoms with E-state index in [1.54, 1.807) is 0 Å². The molecule has 0 spiro atoms. The maximum absolute atomic E-state index is 11.3. The summed E-state index contributed by atoms with van der Waals surface area (Å²) in [5.74, 6) is 0. The first kappa shape index (κ1) is 23.8. The molecule has 0 radical (unpaired) electrons. The zero-order chi connectivity index (χ0) is 19.8. The molecule has 0 bridgehead atoms. The molecule has 6 N–H and O–H groups in total. The highest BCUT2D eigenvalue weighted by molar-refractivity contribution is 5.08. The molecular formula is C18H38O6. The third kappa shape index (κ3) is 8.74. The van der Waals surface area contributed by atoms with Crippen LogP contribution in [0.3, 0.4) is 0 Å². The Morgan fingerprint density at radius 2 is 0.500 bits per heavy atom. The Morgan fingerprint density at radius 3 is 0.583 bits per heavy atom. The van der Waals surface area contributed by atoms with Crippen LogP contribution in [0.4, 0.5) is 0 Å². The van der Waals surface area contributed by atoms with Gasteiger partial charge >= 0.3 is 0 Å². The Balaban J connectivity index is 6.14. The van der Waals surface area contributed by atoms with E-state index in [1.807, 2.05) is 0 Å². The molecule has 0 unspecified atom stereocenters. The van der Waals surface area contributed by atoms with Crippen LogP contribution in [0.15, 0.2) is 0 Å². The maximum Gasteiger partial charge on any atom is 0.0989 e. The van der Waals surface area contributed by atoms with Gasteiger partial charge in [0.1, 0.15) is 0 Å². The van der Waals surface area contributed by atoms with Crippen LogP contribution in [0, 0.1) is 0 Å². The fourth-order valence-electron chi connectivity index (χ4n) is 3.65. The second-order valence-electron chi connectivity index (χ2n) is 10.0. The Labute approximate surface area is 146 Å². The number of aliphatic hydroxyl groups is 6. The molecule has 6 heteroatoms. The van der Waals surface area contributed by atoms with Crippen molar-refractivity contribution in [3.63, 3.8) is 0 Å². The minimum Gasteiger partial charge on any atom is -0.390 e. The van der Waals surface area contributed by atoms with Crippen molar-refractivity contribution in [1.82, 2.24) is 0 Å². The summed E-state index contributed by atoms with van der Waals surface area (Å²) in [6.45, 7) is 12.0. The van der Waals surface area contributed by atoms with Crippen molar-refractivity contribution in [3.05, 3.63) is 0 Å². The first-order valence-corrected chi connectivity index (χ1v) is 8.42. The Hall–Kier alpha value is -0.240. The van der Waals surface area contributed by atoms with Crippen LogP contribution in [-0.4, -0.2) is 64.2 Å². The molecule has 0 aliphatic heterocycles. The van der Waals surface area contributed by atoms with E-state index in [0.717, 1.165) is 0 Å². The summed E-state index contributed by atoms with van der Waals surface area (Å²) in [6.07, 6.45) is -0.918. The first-order chi connectivity index (χ1) is 10.1. The van der Waals surface area contributed by atoms with Gasteiger partial charge in [0, 0.05) is 25.7 Å². The van der Waals surface area contributed by atoms with Crippen molar-refractivity contribution in [3.8, 4) is 0 Å². The minimum absolute atomic E-state index is 0.230. The van der Waals surface area contributed by atoms with Crippen molar-refractivity contribution in [2.75, 3.05) is 0 Å². The standard InChI is InChI=1S/C18H38O6/c1-13(2,19)9-17(23,10-14(3,4)20)18(24,11-15(5,6)21)12-16(7,8)22/h19-24H,9-12H2,1-8H3. The van der Waals surface area contributed by atoms with Crippen molar-refractivity contribution in [2.24, 2.45) is 0 Å². The number of hydrogen-bond donors (Lipinski definition) is 6. The highest BCUT2D eigenvalue weighted by Crippen LogP contribution is 2.45. The van der Waals surface area contributed by atoms with Gasteiger partial charge in [0.2, 0.25) is 0 Å². The van der Waals surface area contributed by atoms with Crippen molar-refractivity contribution >= 4 is 0 Å². The van der Waals surface area contributed by atoms with E-state index >= 15 is 0 Å². The molecule has 6 nitrogen and oxygen atoms in total. The average Bonchev–Trinajstić information content (AvgIpc) is 2.01. The lowest BCUT2D eigenvalue weighted by Crippen LogP contribution is -2.63. The van der Waals surface area contributed by atoms with Gasteiger partial charge < -0.3 is 30.6 Å². The molecule has 0 heterocycles. The molecule has 0 saturated carbocycles. The summed E-state index contributed by atoms with van der Waals surface area (Å²) in [4.78, 5) is 0. The highest BCUT2D eigenvalue weighted by atomic mass is 16.4. The summed E-state index contributed by atoms with van der Waals surface area (Å²) in [7, 11) is 0. The van der Waals surface area contributed by atoms with E-state index < -0.39 is 33.6 Å². The summed E-state index contributed by atoms with van der Waals surface area (Å²) < 4.78 is 0. The fourth-order valence-corrected chi connectivity index (χ4v) is 3.65. The van der Waals surface area contributed by atoms with Crippen LogP contribution in [0.2, 0.25) is 0 Å². The van der Waals surface area contributed by atoms with Crippen LogP contribution in [0.25, 0.3) is 0 Å². The second-order valence-corrected chi connectivity index (χ2v) is 10.0. The summed E-state index contributed by atoms with van der Waals surface area (Å²) >= 11 is 0. The Bertz CT molecular complexity index is 331.